The summed E-state index contributed by atoms with van der Waals surface area (Å²) in [6.07, 6.45) is 0. The molecule has 0 radical (unpaired) electrons. The van der Waals surface area contributed by atoms with Crippen LogP contribution in [0.2, 0.25) is 0 Å². The van der Waals surface area contributed by atoms with Gasteiger partial charge in [0.15, 0.2) is 0 Å². The maximum absolute atomic E-state index is 13.8. The summed E-state index contributed by atoms with van der Waals surface area (Å²) >= 11 is 1.07. The van der Waals surface area contributed by atoms with Gasteiger partial charge in [0.25, 0.3) is 11.1 Å². The molecule has 8 heteroatoms. The van der Waals surface area contributed by atoms with Crippen LogP contribution in [0.4, 0.5) is 10.1 Å². The van der Waals surface area contributed by atoms with E-state index in [2.05, 4.69) is 15.5 Å². The van der Waals surface area contributed by atoms with Gasteiger partial charge in [0.1, 0.15) is 17.3 Å². The van der Waals surface area contributed by atoms with Gasteiger partial charge in [-0.25, -0.2) is 4.39 Å². The number of halogens is 1. The minimum Gasteiger partial charge on any atom is -0.457 e. The summed E-state index contributed by atoms with van der Waals surface area (Å²) in [6.45, 7) is 0. The normalized spacial score (nSPS) is 10.6. The molecule has 1 aromatic heterocycles. The third kappa shape index (κ3) is 5.03. The molecule has 0 unspecified atom stereocenters. The van der Waals surface area contributed by atoms with Gasteiger partial charge >= 0.3 is 0 Å². The van der Waals surface area contributed by atoms with Crippen molar-refractivity contribution < 1.29 is 18.3 Å². The molecule has 1 amide bonds. The second-order valence-corrected chi connectivity index (χ2v) is 7.06. The molecule has 0 aliphatic heterocycles. The highest BCUT2D eigenvalue weighted by molar-refractivity contribution is 7.99. The molecule has 1 N–H and O–H groups in total. The molecular formula is C22H16FN3O3S. The molecule has 0 saturated carbocycles. The van der Waals surface area contributed by atoms with Crippen LogP contribution in [0, 0.1) is 5.82 Å². The maximum atomic E-state index is 13.8. The van der Waals surface area contributed by atoms with Gasteiger partial charge in [-0.1, -0.05) is 42.1 Å². The molecule has 0 saturated heterocycles. The van der Waals surface area contributed by atoms with E-state index in [4.69, 9.17) is 9.15 Å². The highest BCUT2D eigenvalue weighted by atomic mass is 32.2. The molecule has 0 spiro atoms. The molecule has 0 atom stereocenters. The minimum atomic E-state index is -0.449. The molecule has 0 aliphatic rings. The van der Waals surface area contributed by atoms with E-state index in [0.29, 0.717) is 11.4 Å². The first-order chi connectivity index (χ1) is 14.7. The summed E-state index contributed by atoms with van der Waals surface area (Å²) in [5.74, 6) is 0.865. The zero-order chi connectivity index (χ0) is 20.8. The molecule has 0 aliphatic carbocycles. The van der Waals surface area contributed by atoms with Crippen LogP contribution in [0.5, 0.6) is 11.5 Å². The van der Waals surface area contributed by atoms with Crippen LogP contribution in [0.25, 0.3) is 11.5 Å². The molecule has 0 bridgehead atoms. The zero-order valence-electron chi connectivity index (χ0n) is 15.6. The minimum absolute atomic E-state index is 0.0706. The number of nitrogens with one attached hydrogen (secondary N) is 1. The summed E-state index contributed by atoms with van der Waals surface area (Å²) < 4.78 is 24.9. The summed E-state index contributed by atoms with van der Waals surface area (Å²) in [7, 11) is 0. The van der Waals surface area contributed by atoms with Gasteiger partial charge in [0.05, 0.1) is 11.3 Å². The van der Waals surface area contributed by atoms with Crippen molar-refractivity contribution in [1.29, 1.82) is 0 Å². The Kier molecular flexibility index (Phi) is 6.05. The van der Waals surface area contributed by atoms with Gasteiger partial charge in [-0.15, -0.1) is 10.2 Å². The standard InChI is InChI=1S/C22H16FN3O3S/c23-19-9-5-4-8-18(19)21-25-26-22(29-21)30-14-20(27)24-15-10-12-17(13-11-15)28-16-6-2-1-3-7-16/h1-13H,14H2,(H,24,27). The lowest BCUT2D eigenvalue weighted by molar-refractivity contribution is -0.113. The number of anilines is 1. The summed E-state index contributed by atoms with van der Waals surface area (Å²) in [5, 5.41) is 10.7. The molecule has 30 heavy (non-hydrogen) atoms. The lowest BCUT2D eigenvalue weighted by Gasteiger charge is -2.07. The van der Waals surface area contributed by atoms with Gasteiger partial charge < -0.3 is 14.5 Å². The quantitative estimate of drug-likeness (QED) is 0.403. The van der Waals surface area contributed by atoms with Crippen molar-refractivity contribution in [2.24, 2.45) is 0 Å². The molecule has 3 aromatic carbocycles. The second kappa shape index (κ2) is 9.23. The van der Waals surface area contributed by atoms with Crippen LogP contribution < -0.4 is 10.1 Å². The Bertz CT molecular complexity index is 1130. The number of carbonyl (C=O) groups is 1. The Morgan fingerprint density at radius 3 is 2.40 bits per heavy atom. The predicted molar refractivity (Wildman–Crippen MR) is 112 cm³/mol. The SMILES string of the molecule is O=C(CSc1nnc(-c2ccccc2F)o1)Nc1ccc(Oc2ccccc2)cc1. The molecule has 4 rings (SSSR count). The molecule has 4 aromatic rings. The largest absolute Gasteiger partial charge is 0.457 e. The van der Waals surface area contributed by atoms with E-state index in [-0.39, 0.29) is 28.3 Å². The number of benzene rings is 3. The highest BCUT2D eigenvalue weighted by Crippen LogP contribution is 2.26. The van der Waals surface area contributed by atoms with E-state index >= 15 is 0 Å². The molecule has 0 fully saturated rings. The molecule has 150 valence electrons. The Morgan fingerprint density at radius 2 is 1.63 bits per heavy atom. The molecule has 6 nitrogen and oxygen atoms in total. The maximum Gasteiger partial charge on any atom is 0.277 e. The van der Waals surface area contributed by atoms with E-state index in [1.165, 1.54) is 6.07 Å². The summed E-state index contributed by atoms with van der Waals surface area (Å²) in [4.78, 5) is 12.2. The highest BCUT2D eigenvalue weighted by Gasteiger charge is 2.14. The van der Waals surface area contributed by atoms with Crippen molar-refractivity contribution in [3.05, 3.63) is 84.7 Å². The topological polar surface area (TPSA) is 77.2 Å². The monoisotopic (exact) mass is 421 g/mol. The van der Waals surface area contributed by atoms with Crippen molar-refractivity contribution in [2.45, 2.75) is 5.22 Å². The zero-order valence-corrected chi connectivity index (χ0v) is 16.4. The second-order valence-electron chi connectivity index (χ2n) is 6.13. The van der Waals surface area contributed by atoms with E-state index in [1.807, 2.05) is 30.3 Å². The van der Waals surface area contributed by atoms with Gasteiger partial charge in [-0.05, 0) is 48.5 Å². The van der Waals surface area contributed by atoms with Crippen LogP contribution >= 0.6 is 11.8 Å². The third-order valence-corrected chi connectivity index (χ3v) is 4.77. The number of ether oxygens (including phenoxy) is 1. The van der Waals surface area contributed by atoms with Crippen LogP contribution in [-0.2, 0) is 4.79 Å². The predicted octanol–water partition coefficient (Wildman–Crippen LogP) is 5.40. The lowest BCUT2D eigenvalue weighted by atomic mass is 10.2. The van der Waals surface area contributed by atoms with Crippen molar-refractivity contribution in [3.63, 3.8) is 0 Å². The van der Waals surface area contributed by atoms with E-state index in [9.17, 15) is 9.18 Å². The molecular weight excluding hydrogens is 405 g/mol. The fraction of sp³-hybridized carbons (Fsp3) is 0.0455. The number of thioether (sulfide) groups is 1. The van der Waals surface area contributed by atoms with Crippen LogP contribution in [-0.4, -0.2) is 21.9 Å². The first kappa shape index (κ1) is 19.7. The number of nitrogens with zero attached hydrogens (tertiary/aromatic N) is 2. The van der Waals surface area contributed by atoms with Gasteiger partial charge in [-0.2, -0.15) is 0 Å². The fourth-order valence-electron chi connectivity index (χ4n) is 2.57. The summed E-state index contributed by atoms with van der Waals surface area (Å²) in [5.41, 5.74) is 0.859. The van der Waals surface area contributed by atoms with E-state index in [1.54, 1.807) is 42.5 Å². The number of hydrogen-bond donors (Lipinski definition) is 1. The van der Waals surface area contributed by atoms with Gasteiger partial charge in [0, 0.05) is 5.69 Å². The number of aromatic nitrogens is 2. The Labute approximate surface area is 176 Å². The first-order valence-electron chi connectivity index (χ1n) is 9.01. The average molecular weight is 421 g/mol. The number of para-hydroxylation sites is 1. The lowest BCUT2D eigenvalue weighted by Crippen LogP contribution is -2.13. The van der Waals surface area contributed by atoms with Gasteiger partial charge in [0.2, 0.25) is 5.91 Å². The first-order valence-corrected chi connectivity index (χ1v) is 10.00. The van der Waals surface area contributed by atoms with E-state index < -0.39 is 5.82 Å². The van der Waals surface area contributed by atoms with Crippen molar-refractivity contribution in [3.8, 4) is 23.0 Å². The fourth-order valence-corrected chi connectivity index (χ4v) is 3.13. The van der Waals surface area contributed by atoms with Crippen molar-refractivity contribution in [1.82, 2.24) is 10.2 Å². The van der Waals surface area contributed by atoms with Crippen molar-refractivity contribution >= 4 is 23.4 Å². The van der Waals surface area contributed by atoms with Crippen molar-refractivity contribution in [2.75, 3.05) is 11.1 Å². The smallest absolute Gasteiger partial charge is 0.277 e. The Hall–Kier alpha value is -3.65. The van der Waals surface area contributed by atoms with Crippen LogP contribution in [0.1, 0.15) is 0 Å². The third-order valence-electron chi connectivity index (χ3n) is 3.95. The van der Waals surface area contributed by atoms with E-state index in [0.717, 1.165) is 17.5 Å². The Morgan fingerprint density at radius 1 is 0.933 bits per heavy atom. The number of hydrogen-bond acceptors (Lipinski definition) is 6. The number of amides is 1. The Balaban J connectivity index is 1.29. The molecule has 1 heterocycles. The number of carbonyl (C=O) groups excluding carboxylic acids is 1. The van der Waals surface area contributed by atoms with Gasteiger partial charge in [-0.3, -0.25) is 4.79 Å². The number of rotatable bonds is 7. The average Bonchev–Trinajstić information content (AvgIpc) is 3.24. The summed E-state index contributed by atoms with van der Waals surface area (Å²) in [6, 6.07) is 22.6. The van der Waals surface area contributed by atoms with Crippen LogP contribution in [0.15, 0.2) is 88.5 Å². The van der Waals surface area contributed by atoms with Crippen LogP contribution in [0.3, 0.4) is 0 Å².